The van der Waals surface area contributed by atoms with E-state index in [0.29, 0.717) is 11.8 Å². The number of nitrogens with one attached hydrogen (secondary N) is 1. The molecule has 5 nitrogen and oxygen atoms in total. The average molecular weight is 355 g/mol. The zero-order valence-corrected chi connectivity index (χ0v) is 12.4. The minimum absolute atomic E-state index is 0.134. The number of anilines is 1. The Balaban J connectivity index is 2.06. The molecule has 1 saturated carbocycles. The zero-order valence-electron chi connectivity index (χ0n) is 10.8. The van der Waals surface area contributed by atoms with E-state index in [4.69, 9.17) is 11.6 Å². The molecule has 0 aliphatic heterocycles. The summed E-state index contributed by atoms with van der Waals surface area (Å²) in [5.74, 6) is -1.32. The zero-order chi connectivity index (χ0) is 16.5. The van der Waals surface area contributed by atoms with Gasteiger partial charge in [-0.2, -0.15) is 13.2 Å². The van der Waals surface area contributed by atoms with Crippen LogP contribution >= 0.6 is 23.4 Å². The van der Waals surface area contributed by atoms with Gasteiger partial charge in [0.25, 0.3) is 0 Å². The summed E-state index contributed by atoms with van der Waals surface area (Å²) in [5, 5.41) is 13.0. The first-order valence-corrected chi connectivity index (χ1v) is 7.42. The number of thioether (sulfide) groups is 1. The first-order chi connectivity index (χ1) is 10.2. The van der Waals surface area contributed by atoms with E-state index in [1.807, 2.05) is 0 Å². The molecule has 1 amide bonds. The summed E-state index contributed by atoms with van der Waals surface area (Å²) in [6.45, 7) is 0. The minimum atomic E-state index is -4.59. The fourth-order valence-corrected chi connectivity index (χ4v) is 2.82. The van der Waals surface area contributed by atoms with Gasteiger partial charge in [0, 0.05) is 16.2 Å². The molecule has 1 fully saturated rings. The van der Waals surface area contributed by atoms with Gasteiger partial charge in [0.2, 0.25) is 11.9 Å². The number of carbonyl (C=O) groups excluding carboxylic acids is 1. The summed E-state index contributed by atoms with van der Waals surface area (Å²) in [5.41, 5.74) is 0.154. The Labute approximate surface area is 132 Å². The second kappa shape index (κ2) is 6.33. The number of halogens is 4. The van der Waals surface area contributed by atoms with Crippen molar-refractivity contribution in [3.63, 3.8) is 0 Å². The van der Waals surface area contributed by atoms with E-state index >= 15 is 0 Å². The summed E-state index contributed by atoms with van der Waals surface area (Å²) in [6, 6.07) is 4.93. The van der Waals surface area contributed by atoms with Crippen molar-refractivity contribution in [3.8, 4) is 0 Å². The Bertz CT molecular complexity index is 599. The van der Waals surface area contributed by atoms with E-state index in [9.17, 15) is 28.1 Å². The second-order valence-electron chi connectivity index (χ2n) is 4.66. The number of carbonyl (C=O) groups is 1. The van der Waals surface area contributed by atoms with E-state index < -0.39 is 33.7 Å². The molecule has 1 aromatic rings. The first kappa shape index (κ1) is 16.9. The molecule has 1 aromatic carbocycles. The molecule has 0 aromatic heterocycles. The van der Waals surface area contributed by atoms with Crippen molar-refractivity contribution in [1.82, 2.24) is 0 Å². The van der Waals surface area contributed by atoms with Crippen molar-refractivity contribution >= 4 is 35.0 Å². The maximum atomic E-state index is 12.5. The highest BCUT2D eigenvalue weighted by Gasteiger charge is 2.53. The Hall–Kier alpha value is -1.48. The third-order valence-corrected chi connectivity index (χ3v) is 4.60. The lowest BCUT2D eigenvalue weighted by atomic mass is 10.3. The van der Waals surface area contributed by atoms with Gasteiger partial charge >= 0.3 is 6.18 Å². The Morgan fingerprint density at radius 1 is 1.45 bits per heavy atom. The Morgan fingerprint density at radius 3 is 2.64 bits per heavy atom. The maximum absolute atomic E-state index is 12.5. The second-order valence-corrected chi connectivity index (χ2v) is 6.50. The van der Waals surface area contributed by atoms with Crippen LogP contribution in [0.5, 0.6) is 0 Å². The summed E-state index contributed by atoms with van der Waals surface area (Å²) in [6.07, 6.45) is -4.45. The van der Waals surface area contributed by atoms with Crippen LogP contribution < -0.4 is 5.32 Å². The molecule has 0 heterocycles. The Morgan fingerprint density at radius 2 is 2.09 bits per heavy atom. The lowest BCUT2D eigenvalue weighted by Crippen LogP contribution is -2.21. The van der Waals surface area contributed by atoms with Crippen LogP contribution in [-0.2, 0) is 4.79 Å². The van der Waals surface area contributed by atoms with Gasteiger partial charge in [-0.1, -0.05) is 23.9 Å². The molecule has 22 heavy (non-hydrogen) atoms. The van der Waals surface area contributed by atoms with E-state index in [-0.39, 0.29) is 17.0 Å². The normalized spacial score (nSPS) is 22.0. The molecule has 0 spiro atoms. The van der Waals surface area contributed by atoms with Crippen LogP contribution in [0.25, 0.3) is 0 Å². The van der Waals surface area contributed by atoms with Gasteiger partial charge in [0.05, 0.1) is 5.69 Å². The van der Waals surface area contributed by atoms with Crippen LogP contribution in [0.2, 0.25) is 0 Å². The van der Waals surface area contributed by atoms with Crippen molar-refractivity contribution in [3.05, 3.63) is 34.4 Å². The molecular weight excluding hydrogens is 345 g/mol. The van der Waals surface area contributed by atoms with Gasteiger partial charge in [-0.15, -0.1) is 11.6 Å². The molecule has 0 bridgehead atoms. The van der Waals surface area contributed by atoms with Crippen molar-refractivity contribution in [2.24, 2.45) is 5.92 Å². The van der Waals surface area contributed by atoms with E-state index in [2.05, 4.69) is 5.32 Å². The van der Waals surface area contributed by atoms with Crippen LogP contribution in [0, 0.1) is 16.0 Å². The highest BCUT2D eigenvalue weighted by Crippen LogP contribution is 2.41. The van der Waals surface area contributed by atoms with Crippen LogP contribution in [0.4, 0.5) is 18.9 Å². The number of alkyl halides is 4. The number of hydrogen-bond donors (Lipinski definition) is 1. The molecule has 3 atom stereocenters. The first-order valence-electron chi connectivity index (χ1n) is 6.11. The van der Waals surface area contributed by atoms with Gasteiger partial charge < -0.3 is 5.32 Å². The van der Waals surface area contributed by atoms with Crippen LogP contribution in [0.1, 0.15) is 6.42 Å². The quantitative estimate of drug-likeness (QED) is 0.380. The average Bonchev–Trinajstić information content (AvgIpc) is 3.20. The predicted octanol–water partition coefficient (Wildman–Crippen LogP) is 3.51. The lowest BCUT2D eigenvalue weighted by Gasteiger charge is -2.15. The van der Waals surface area contributed by atoms with Crippen LogP contribution in [0.15, 0.2) is 29.2 Å². The molecule has 120 valence electrons. The molecule has 2 rings (SSSR count). The largest absolute Gasteiger partial charge is 0.414 e. The third kappa shape index (κ3) is 4.04. The van der Waals surface area contributed by atoms with Gasteiger partial charge in [0.15, 0.2) is 4.71 Å². The summed E-state index contributed by atoms with van der Waals surface area (Å²) >= 11 is 5.63. The van der Waals surface area contributed by atoms with E-state index in [1.54, 1.807) is 0 Å². The van der Waals surface area contributed by atoms with Gasteiger partial charge in [-0.25, -0.2) is 0 Å². The number of para-hydroxylation sites is 1. The molecule has 3 unspecified atom stereocenters. The van der Waals surface area contributed by atoms with Crippen LogP contribution in [0.3, 0.4) is 0 Å². The molecular formula is C12H10ClF3N2O3S. The molecule has 0 saturated heterocycles. The molecule has 0 radical (unpaired) electrons. The SMILES string of the molecule is O=C(Nc1ccccc1SC(Cl)C(F)(F)F)C1CC1[N+](=O)[O-]. The van der Waals surface area contributed by atoms with Gasteiger partial charge in [0.1, 0.15) is 5.92 Å². The van der Waals surface area contributed by atoms with Crippen molar-refractivity contribution < 1.29 is 22.9 Å². The number of nitro groups is 1. The molecule has 10 heteroatoms. The summed E-state index contributed by atoms with van der Waals surface area (Å²) in [4.78, 5) is 22.0. The lowest BCUT2D eigenvalue weighted by molar-refractivity contribution is -0.497. The molecule has 1 N–H and O–H groups in total. The van der Waals surface area contributed by atoms with E-state index in [1.165, 1.54) is 24.3 Å². The predicted molar refractivity (Wildman–Crippen MR) is 75.5 cm³/mol. The smallest absolute Gasteiger partial charge is 0.325 e. The van der Waals surface area contributed by atoms with E-state index in [0.717, 1.165) is 0 Å². The van der Waals surface area contributed by atoms with Gasteiger partial charge in [-0.05, 0) is 12.1 Å². The number of hydrogen-bond acceptors (Lipinski definition) is 4. The topological polar surface area (TPSA) is 72.2 Å². The fourth-order valence-electron chi connectivity index (χ4n) is 1.77. The molecule has 1 aliphatic carbocycles. The standard InChI is InChI=1S/C12H10ClF3N2O3S/c13-11(12(14,15)16)22-9-4-2-1-3-7(9)17-10(19)6-5-8(6)18(20)21/h1-4,6,8,11H,5H2,(H,17,19). The number of rotatable bonds is 5. The maximum Gasteiger partial charge on any atom is 0.414 e. The van der Waals surface area contributed by atoms with Gasteiger partial charge in [-0.3, -0.25) is 14.9 Å². The number of nitrogens with zero attached hydrogens (tertiary/aromatic N) is 1. The number of benzene rings is 1. The molecule has 1 aliphatic rings. The Kier molecular flexibility index (Phi) is 4.86. The number of amides is 1. The van der Waals surface area contributed by atoms with Crippen molar-refractivity contribution in [2.45, 2.75) is 28.2 Å². The van der Waals surface area contributed by atoms with Crippen LogP contribution in [-0.4, -0.2) is 27.8 Å². The minimum Gasteiger partial charge on any atom is -0.325 e. The third-order valence-electron chi connectivity index (χ3n) is 3.00. The fraction of sp³-hybridized carbons (Fsp3) is 0.417. The highest BCUT2D eigenvalue weighted by atomic mass is 35.5. The van der Waals surface area contributed by atoms with Crippen molar-refractivity contribution in [2.75, 3.05) is 5.32 Å². The monoisotopic (exact) mass is 354 g/mol. The summed E-state index contributed by atoms with van der Waals surface area (Å²) < 4.78 is 35.3. The van der Waals surface area contributed by atoms with Crippen molar-refractivity contribution in [1.29, 1.82) is 0 Å². The summed E-state index contributed by atoms with van der Waals surface area (Å²) in [7, 11) is 0. The highest BCUT2D eigenvalue weighted by molar-refractivity contribution is 8.01.